The van der Waals surface area contributed by atoms with Crippen molar-refractivity contribution < 1.29 is 0 Å². The standard InChI is InChI=1S/C13H19N5S/c1-9-11(16-8-17-12(9)18-14)15-7-13(2,3)10-5-4-6-19-10/h4-6,8H,7,14H2,1-3H3,(H2,15,16,17,18). The molecule has 0 bridgehead atoms. The molecule has 0 amide bonds. The highest BCUT2D eigenvalue weighted by Crippen LogP contribution is 2.28. The Balaban J connectivity index is 2.11. The van der Waals surface area contributed by atoms with E-state index in [2.05, 4.69) is 52.1 Å². The van der Waals surface area contributed by atoms with Crippen LogP contribution in [0.4, 0.5) is 11.6 Å². The third-order valence-electron chi connectivity index (χ3n) is 3.11. The maximum atomic E-state index is 5.41. The van der Waals surface area contributed by atoms with Crippen molar-refractivity contribution >= 4 is 23.0 Å². The van der Waals surface area contributed by atoms with E-state index in [0.29, 0.717) is 5.82 Å². The Kier molecular flexibility index (Phi) is 4.01. The predicted molar refractivity (Wildman–Crippen MR) is 80.4 cm³/mol. The molecule has 0 fully saturated rings. The summed E-state index contributed by atoms with van der Waals surface area (Å²) in [6.07, 6.45) is 1.50. The predicted octanol–water partition coefficient (Wildman–Crippen LogP) is 2.52. The van der Waals surface area contributed by atoms with Gasteiger partial charge in [0.2, 0.25) is 0 Å². The molecule has 0 saturated carbocycles. The van der Waals surface area contributed by atoms with E-state index in [1.165, 1.54) is 11.2 Å². The zero-order valence-corrected chi connectivity index (χ0v) is 12.2. The summed E-state index contributed by atoms with van der Waals surface area (Å²) in [5.41, 5.74) is 3.55. The zero-order chi connectivity index (χ0) is 13.9. The second-order valence-electron chi connectivity index (χ2n) is 5.05. The van der Waals surface area contributed by atoms with Crippen LogP contribution in [-0.4, -0.2) is 16.5 Å². The second-order valence-corrected chi connectivity index (χ2v) is 6.00. The molecule has 102 valence electrons. The first-order valence-electron chi connectivity index (χ1n) is 6.10. The first-order valence-corrected chi connectivity index (χ1v) is 6.98. The van der Waals surface area contributed by atoms with E-state index in [-0.39, 0.29) is 5.41 Å². The fourth-order valence-corrected chi connectivity index (χ4v) is 2.68. The van der Waals surface area contributed by atoms with Crippen LogP contribution in [0.25, 0.3) is 0 Å². The second kappa shape index (κ2) is 5.54. The highest BCUT2D eigenvalue weighted by Gasteiger charge is 2.22. The minimum Gasteiger partial charge on any atom is -0.369 e. The lowest BCUT2D eigenvalue weighted by Crippen LogP contribution is -2.27. The Labute approximate surface area is 117 Å². The molecule has 0 spiro atoms. The largest absolute Gasteiger partial charge is 0.369 e. The fourth-order valence-electron chi connectivity index (χ4n) is 1.83. The van der Waals surface area contributed by atoms with E-state index in [1.54, 1.807) is 11.3 Å². The molecule has 0 aromatic carbocycles. The number of nitrogen functional groups attached to an aromatic ring is 1. The van der Waals surface area contributed by atoms with Gasteiger partial charge in [0, 0.05) is 22.4 Å². The van der Waals surface area contributed by atoms with E-state index in [9.17, 15) is 0 Å². The van der Waals surface area contributed by atoms with E-state index < -0.39 is 0 Å². The van der Waals surface area contributed by atoms with Gasteiger partial charge in [0.1, 0.15) is 18.0 Å². The number of hydrogen-bond donors (Lipinski definition) is 3. The maximum Gasteiger partial charge on any atom is 0.148 e. The summed E-state index contributed by atoms with van der Waals surface area (Å²) in [6.45, 7) is 7.17. The fraction of sp³-hybridized carbons (Fsp3) is 0.385. The molecule has 0 unspecified atom stereocenters. The smallest absolute Gasteiger partial charge is 0.148 e. The summed E-state index contributed by atoms with van der Waals surface area (Å²) in [7, 11) is 0. The Morgan fingerprint density at radius 2 is 2.05 bits per heavy atom. The average Bonchev–Trinajstić information content (AvgIpc) is 2.92. The van der Waals surface area contributed by atoms with Crippen molar-refractivity contribution in [2.24, 2.45) is 5.84 Å². The first kappa shape index (κ1) is 13.8. The molecule has 5 nitrogen and oxygen atoms in total. The Morgan fingerprint density at radius 3 is 2.68 bits per heavy atom. The van der Waals surface area contributed by atoms with Crippen molar-refractivity contribution in [2.75, 3.05) is 17.3 Å². The van der Waals surface area contributed by atoms with Crippen LogP contribution >= 0.6 is 11.3 Å². The lowest BCUT2D eigenvalue weighted by atomic mass is 9.91. The van der Waals surface area contributed by atoms with E-state index >= 15 is 0 Å². The Morgan fingerprint density at radius 1 is 1.32 bits per heavy atom. The Bertz CT molecular complexity index is 536. The van der Waals surface area contributed by atoms with Crippen LogP contribution in [-0.2, 0) is 5.41 Å². The number of hydrazine groups is 1. The Hall–Kier alpha value is -1.66. The van der Waals surface area contributed by atoms with Crippen LogP contribution in [0.5, 0.6) is 0 Å². The number of nitrogens with zero attached hydrogens (tertiary/aromatic N) is 2. The van der Waals surface area contributed by atoms with Crippen LogP contribution in [0.2, 0.25) is 0 Å². The number of aromatic nitrogens is 2. The van der Waals surface area contributed by atoms with Crippen molar-refractivity contribution in [3.63, 3.8) is 0 Å². The number of anilines is 2. The van der Waals surface area contributed by atoms with Gasteiger partial charge in [-0.25, -0.2) is 15.8 Å². The van der Waals surface area contributed by atoms with Gasteiger partial charge in [-0.15, -0.1) is 11.3 Å². The molecule has 19 heavy (non-hydrogen) atoms. The van der Waals surface area contributed by atoms with Gasteiger partial charge < -0.3 is 10.7 Å². The third-order valence-corrected chi connectivity index (χ3v) is 4.34. The van der Waals surface area contributed by atoms with Crippen LogP contribution in [0.3, 0.4) is 0 Å². The monoisotopic (exact) mass is 277 g/mol. The van der Waals surface area contributed by atoms with Crippen LogP contribution in [0.15, 0.2) is 23.8 Å². The summed E-state index contributed by atoms with van der Waals surface area (Å²) in [5.74, 6) is 6.87. The molecule has 2 heterocycles. The van der Waals surface area contributed by atoms with Crippen LogP contribution in [0, 0.1) is 6.92 Å². The van der Waals surface area contributed by atoms with Crippen molar-refractivity contribution in [1.29, 1.82) is 0 Å². The average molecular weight is 277 g/mol. The minimum absolute atomic E-state index is 0.0574. The van der Waals surface area contributed by atoms with E-state index in [1.807, 2.05) is 6.92 Å². The van der Waals surface area contributed by atoms with Gasteiger partial charge >= 0.3 is 0 Å². The molecule has 2 aromatic rings. The summed E-state index contributed by atoms with van der Waals surface area (Å²) in [4.78, 5) is 9.67. The molecule has 0 atom stereocenters. The molecule has 0 aliphatic carbocycles. The van der Waals surface area contributed by atoms with Gasteiger partial charge in [-0.3, -0.25) is 0 Å². The zero-order valence-electron chi connectivity index (χ0n) is 11.4. The van der Waals surface area contributed by atoms with E-state index in [0.717, 1.165) is 17.9 Å². The third kappa shape index (κ3) is 3.02. The maximum absolute atomic E-state index is 5.41. The molecule has 2 rings (SSSR count). The van der Waals surface area contributed by atoms with Crippen LogP contribution in [0.1, 0.15) is 24.3 Å². The molecule has 0 saturated heterocycles. The molecule has 0 aliphatic heterocycles. The summed E-state index contributed by atoms with van der Waals surface area (Å²) >= 11 is 1.77. The highest BCUT2D eigenvalue weighted by molar-refractivity contribution is 7.10. The van der Waals surface area contributed by atoms with Gasteiger partial charge in [-0.2, -0.15) is 0 Å². The number of nitrogens with one attached hydrogen (secondary N) is 2. The molecular formula is C13H19N5S. The first-order chi connectivity index (χ1) is 9.04. The van der Waals surface area contributed by atoms with Crippen molar-refractivity contribution in [3.05, 3.63) is 34.3 Å². The number of nitrogens with two attached hydrogens (primary N) is 1. The molecular weight excluding hydrogens is 258 g/mol. The summed E-state index contributed by atoms with van der Waals surface area (Å²) < 4.78 is 0. The number of thiophene rings is 1. The lowest BCUT2D eigenvalue weighted by Gasteiger charge is -2.24. The molecule has 0 radical (unpaired) electrons. The van der Waals surface area contributed by atoms with Gasteiger partial charge in [0.05, 0.1) is 0 Å². The van der Waals surface area contributed by atoms with Crippen molar-refractivity contribution in [3.8, 4) is 0 Å². The topological polar surface area (TPSA) is 75.9 Å². The summed E-state index contributed by atoms with van der Waals surface area (Å²) in [6, 6.07) is 4.24. The highest BCUT2D eigenvalue weighted by atomic mass is 32.1. The van der Waals surface area contributed by atoms with Gasteiger partial charge in [-0.1, -0.05) is 19.9 Å². The molecule has 6 heteroatoms. The van der Waals surface area contributed by atoms with Crippen LogP contribution < -0.4 is 16.6 Å². The lowest BCUT2D eigenvalue weighted by molar-refractivity contribution is 0.568. The minimum atomic E-state index is 0.0574. The molecule has 2 aromatic heterocycles. The van der Waals surface area contributed by atoms with Gasteiger partial charge in [-0.05, 0) is 18.4 Å². The SMILES string of the molecule is Cc1c(NN)ncnc1NCC(C)(C)c1cccs1. The van der Waals surface area contributed by atoms with Crippen molar-refractivity contribution in [2.45, 2.75) is 26.2 Å². The quantitative estimate of drug-likeness (QED) is 0.578. The van der Waals surface area contributed by atoms with E-state index in [4.69, 9.17) is 5.84 Å². The van der Waals surface area contributed by atoms with Gasteiger partial charge in [0.25, 0.3) is 0 Å². The number of hydrogen-bond acceptors (Lipinski definition) is 6. The normalized spacial score (nSPS) is 11.4. The molecule has 4 N–H and O–H groups in total. The number of rotatable bonds is 5. The van der Waals surface area contributed by atoms with Crippen molar-refractivity contribution in [1.82, 2.24) is 9.97 Å². The molecule has 0 aliphatic rings. The summed E-state index contributed by atoms with van der Waals surface area (Å²) in [5, 5.41) is 5.48. The van der Waals surface area contributed by atoms with Gasteiger partial charge in [0.15, 0.2) is 0 Å².